The molecule has 72 valence electrons. The number of rotatable bonds is 3. The molecule has 0 heterocycles. The van der Waals surface area contributed by atoms with Crippen LogP contribution in [0.2, 0.25) is 0 Å². The summed E-state index contributed by atoms with van der Waals surface area (Å²) >= 11 is 6.94. The average Bonchev–Trinajstić information content (AvgIpc) is 2.08. The summed E-state index contributed by atoms with van der Waals surface area (Å²) in [6, 6.07) is 6.03. The molecule has 0 unspecified atom stereocenters. The van der Waals surface area contributed by atoms with E-state index in [1.165, 1.54) is 5.56 Å². The number of hydrogen-bond acceptors (Lipinski definition) is 1. The molecule has 0 aliphatic rings. The molecule has 0 saturated carbocycles. The molecule has 3 heteroatoms. The summed E-state index contributed by atoms with van der Waals surface area (Å²) in [5.41, 5.74) is 1.21. The highest BCUT2D eigenvalue weighted by atomic mass is 79.9. The van der Waals surface area contributed by atoms with Gasteiger partial charge in [0, 0.05) is 5.33 Å². The maximum absolute atomic E-state index is 5.62. The third-order valence-electron chi connectivity index (χ3n) is 1.55. The van der Waals surface area contributed by atoms with Crippen molar-refractivity contribution in [3.63, 3.8) is 0 Å². The molecule has 0 N–H and O–H groups in total. The van der Waals surface area contributed by atoms with E-state index < -0.39 is 0 Å². The molecule has 0 amide bonds. The molecular formula is C10H12Br2O. The van der Waals surface area contributed by atoms with Gasteiger partial charge in [-0.15, -0.1) is 0 Å². The molecule has 0 aliphatic heterocycles. The lowest BCUT2D eigenvalue weighted by atomic mass is 10.2. The second-order valence-electron chi connectivity index (χ2n) is 3.03. The molecule has 0 bridgehead atoms. The third-order valence-corrected chi connectivity index (χ3v) is 3.05. The summed E-state index contributed by atoms with van der Waals surface area (Å²) in [5, 5.41) is 0.836. The van der Waals surface area contributed by atoms with E-state index in [0.717, 1.165) is 15.6 Å². The summed E-state index contributed by atoms with van der Waals surface area (Å²) in [4.78, 5) is 0. The minimum absolute atomic E-state index is 0.210. The van der Waals surface area contributed by atoms with Gasteiger partial charge < -0.3 is 4.74 Å². The molecule has 0 atom stereocenters. The molecule has 1 rings (SSSR count). The van der Waals surface area contributed by atoms with Crippen LogP contribution in [0.3, 0.4) is 0 Å². The lowest BCUT2D eigenvalue weighted by Gasteiger charge is -2.12. The van der Waals surface area contributed by atoms with Crippen molar-refractivity contribution in [2.75, 3.05) is 0 Å². The SMILES string of the molecule is CC(C)Oc1cccc(CBr)c1Br. The van der Waals surface area contributed by atoms with Crippen molar-refractivity contribution >= 4 is 31.9 Å². The van der Waals surface area contributed by atoms with E-state index in [1.54, 1.807) is 0 Å². The molecule has 1 aromatic carbocycles. The van der Waals surface area contributed by atoms with Crippen LogP contribution in [0.1, 0.15) is 19.4 Å². The van der Waals surface area contributed by atoms with Crippen LogP contribution in [0.15, 0.2) is 22.7 Å². The summed E-state index contributed by atoms with van der Waals surface area (Å²) in [7, 11) is 0. The first-order valence-electron chi connectivity index (χ1n) is 4.15. The standard InChI is InChI=1S/C10H12Br2O/c1-7(2)13-9-5-3-4-8(6-11)10(9)12/h3-5,7H,6H2,1-2H3. The average molecular weight is 308 g/mol. The van der Waals surface area contributed by atoms with Gasteiger partial charge in [0.2, 0.25) is 0 Å². The number of hydrogen-bond donors (Lipinski definition) is 0. The van der Waals surface area contributed by atoms with Gasteiger partial charge >= 0.3 is 0 Å². The highest BCUT2D eigenvalue weighted by Gasteiger charge is 2.06. The quantitative estimate of drug-likeness (QED) is 0.763. The van der Waals surface area contributed by atoms with Gasteiger partial charge in [-0.05, 0) is 41.4 Å². The maximum atomic E-state index is 5.62. The van der Waals surface area contributed by atoms with Crippen LogP contribution in [0, 0.1) is 0 Å². The van der Waals surface area contributed by atoms with Crippen LogP contribution < -0.4 is 4.74 Å². The number of alkyl halides is 1. The van der Waals surface area contributed by atoms with Crippen LogP contribution in [0.25, 0.3) is 0 Å². The van der Waals surface area contributed by atoms with Crippen molar-refractivity contribution in [3.05, 3.63) is 28.2 Å². The Hall–Kier alpha value is -0.0200. The van der Waals surface area contributed by atoms with Gasteiger partial charge in [-0.3, -0.25) is 0 Å². The van der Waals surface area contributed by atoms with Gasteiger partial charge in [0.15, 0.2) is 0 Å². The molecule has 1 aromatic rings. The van der Waals surface area contributed by atoms with Crippen molar-refractivity contribution in [3.8, 4) is 5.75 Å². The number of benzene rings is 1. The fraction of sp³-hybridized carbons (Fsp3) is 0.400. The lowest BCUT2D eigenvalue weighted by Crippen LogP contribution is -2.06. The van der Waals surface area contributed by atoms with Gasteiger partial charge in [-0.1, -0.05) is 28.1 Å². The summed E-state index contributed by atoms with van der Waals surface area (Å²) in [5.74, 6) is 0.909. The monoisotopic (exact) mass is 306 g/mol. The van der Waals surface area contributed by atoms with Gasteiger partial charge in [-0.2, -0.15) is 0 Å². The smallest absolute Gasteiger partial charge is 0.134 e. The van der Waals surface area contributed by atoms with E-state index in [-0.39, 0.29) is 6.10 Å². The molecule has 0 saturated heterocycles. The Bertz CT molecular complexity index is 284. The predicted molar refractivity (Wildman–Crippen MR) is 62.5 cm³/mol. The molecule has 0 fully saturated rings. The second kappa shape index (κ2) is 5.01. The van der Waals surface area contributed by atoms with Crippen LogP contribution in [0.5, 0.6) is 5.75 Å². The van der Waals surface area contributed by atoms with E-state index in [4.69, 9.17) is 4.74 Å². The topological polar surface area (TPSA) is 9.23 Å². The number of halogens is 2. The molecule has 13 heavy (non-hydrogen) atoms. The summed E-state index contributed by atoms with van der Waals surface area (Å²) < 4.78 is 6.66. The zero-order chi connectivity index (χ0) is 9.84. The van der Waals surface area contributed by atoms with Gasteiger partial charge in [-0.25, -0.2) is 0 Å². The zero-order valence-corrected chi connectivity index (χ0v) is 10.9. The first-order chi connectivity index (χ1) is 6.15. The van der Waals surface area contributed by atoms with Crippen LogP contribution in [0.4, 0.5) is 0 Å². The van der Waals surface area contributed by atoms with Gasteiger partial charge in [0.1, 0.15) is 5.75 Å². The second-order valence-corrected chi connectivity index (χ2v) is 4.38. The third kappa shape index (κ3) is 2.99. The van der Waals surface area contributed by atoms with Crippen molar-refractivity contribution in [2.24, 2.45) is 0 Å². The Morgan fingerprint density at radius 2 is 2.08 bits per heavy atom. The Morgan fingerprint density at radius 1 is 1.38 bits per heavy atom. The molecule has 1 nitrogen and oxygen atoms in total. The summed E-state index contributed by atoms with van der Waals surface area (Å²) in [6.45, 7) is 4.04. The fourth-order valence-corrected chi connectivity index (χ4v) is 2.35. The van der Waals surface area contributed by atoms with E-state index in [9.17, 15) is 0 Å². The lowest BCUT2D eigenvalue weighted by molar-refractivity contribution is 0.240. The Labute approximate surface area is 95.7 Å². The van der Waals surface area contributed by atoms with Crippen LogP contribution >= 0.6 is 31.9 Å². The Kier molecular flexibility index (Phi) is 4.26. The van der Waals surface area contributed by atoms with Crippen LogP contribution in [-0.2, 0) is 5.33 Å². The van der Waals surface area contributed by atoms with E-state index in [2.05, 4.69) is 37.9 Å². The maximum Gasteiger partial charge on any atom is 0.134 e. The van der Waals surface area contributed by atoms with Crippen molar-refractivity contribution in [1.82, 2.24) is 0 Å². The fourth-order valence-electron chi connectivity index (χ4n) is 1.00. The number of ether oxygens (including phenoxy) is 1. The van der Waals surface area contributed by atoms with E-state index in [0.29, 0.717) is 0 Å². The molecule has 0 aliphatic carbocycles. The normalized spacial score (nSPS) is 10.5. The van der Waals surface area contributed by atoms with Crippen molar-refractivity contribution < 1.29 is 4.74 Å². The van der Waals surface area contributed by atoms with Crippen LogP contribution in [-0.4, -0.2) is 6.10 Å². The minimum atomic E-state index is 0.210. The first-order valence-corrected chi connectivity index (χ1v) is 6.06. The van der Waals surface area contributed by atoms with Crippen molar-refractivity contribution in [2.45, 2.75) is 25.3 Å². The first kappa shape index (κ1) is 11.1. The van der Waals surface area contributed by atoms with E-state index >= 15 is 0 Å². The largest absolute Gasteiger partial charge is 0.490 e. The van der Waals surface area contributed by atoms with Gasteiger partial charge in [0.05, 0.1) is 10.6 Å². The predicted octanol–water partition coefficient (Wildman–Crippen LogP) is 4.13. The van der Waals surface area contributed by atoms with E-state index in [1.807, 2.05) is 26.0 Å². The Morgan fingerprint density at radius 3 is 2.62 bits per heavy atom. The summed E-state index contributed by atoms with van der Waals surface area (Å²) in [6.07, 6.45) is 0.210. The molecule has 0 spiro atoms. The zero-order valence-electron chi connectivity index (χ0n) is 7.68. The van der Waals surface area contributed by atoms with Gasteiger partial charge in [0.25, 0.3) is 0 Å². The molecular weight excluding hydrogens is 296 g/mol. The molecule has 0 radical (unpaired) electrons. The van der Waals surface area contributed by atoms with Crippen molar-refractivity contribution in [1.29, 1.82) is 0 Å². The highest BCUT2D eigenvalue weighted by molar-refractivity contribution is 9.11. The highest BCUT2D eigenvalue weighted by Crippen LogP contribution is 2.30. The molecule has 0 aromatic heterocycles. The Balaban J connectivity index is 2.94. The minimum Gasteiger partial charge on any atom is -0.490 e.